The fourth-order valence-electron chi connectivity index (χ4n) is 4.47. The monoisotopic (exact) mass is 447 g/mol. The molecule has 3 aromatic rings. The molecule has 1 heterocycles. The van der Waals surface area contributed by atoms with Crippen molar-refractivity contribution in [3.05, 3.63) is 65.9 Å². The molecule has 2 aromatic carbocycles. The number of carbonyl (C=O) groups is 1. The van der Waals surface area contributed by atoms with Crippen LogP contribution in [0.15, 0.2) is 54.6 Å². The molecule has 6 nitrogen and oxygen atoms in total. The zero-order valence-corrected chi connectivity index (χ0v) is 19.7. The van der Waals surface area contributed by atoms with Gasteiger partial charge in [-0.2, -0.15) is 0 Å². The fraction of sp³-hybridized carbons (Fsp3) is 0.444. The highest BCUT2D eigenvalue weighted by atomic mass is 16.5. The molecule has 1 aliphatic carbocycles. The first-order valence-corrected chi connectivity index (χ1v) is 11.9. The lowest BCUT2D eigenvalue weighted by Gasteiger charge is -2.29. The van der Waals surface area contributed by atoms with Crippen molar-refractivity contribution in [3.8, 4) is 17.0 Å². The summed E-state index contributed by atoms with van der Waals surface area (Å²) in [6, 6.07) is 18.5. The Hall–Kier alpha value is -3.15. The molecule has 0 aliphatic heterocycles. The first-order valence-electron chi connectivity index (χ1n) is 11.9. The van der Waals surface area contributed by atoms with Crippen molar-refractivity contribution in [3.63, 3.8) is 0 Å². The lowest BCUT2D eigenvalue weighted by atomic mass is 9.87. The van der Waals surface area contributed by atoms with Gasteiger partial charge in [0.25, 0.3) is 0 Å². The third-order valence-corrected chi connectivity index (χ3v) is 6.18. The van der Waals surface area contributed by atoms with Crippen molar-refractivity contribution in [2.24, 2.45) is 13.0 Å². The van der Waals surface area contributed by atoms with Gasteiger partial charge in [-0.25, -0.2) is 0 Å². The van der Waals surface area contributed by atoms with Crippen LogP contribution in [0.3, 0.4) is 0 Å². The molecule has 1 saturated carbocycles. The summed E-state index contributed by atoms with van der Waals surface area (Å²) in [7, 11) is 1.94. The number of carbonyl (C=O) groups excluding carboxylic acids is 1. The molecule has 0 saturated heterocycles. The second kappa shape index (κ2) is 10.6. The van der Waals surface area contributed by atoms with Gasteiger partial charge in [0, 0.05) is 12.6 Å². The van der Waals surface area contributed by atoms with Crippen LogP contribution in [0.5, 0.6) is 5.75 Å². The van der Waals surface area contributed by atoms with Crippen molar-refractivity contribution in [1.82, 2.24) is 15.0 Å². The second-order valence-corrected chi connectivity index (χ2v) is 9.11. The van der Waals surface area contributed by atoms with Gasteiger partial charge < -0.3 is 9.47 Å². The molecule has 174 valence electrons. The Kier molecular flexibility index (Phi) is 7.43. The number of aryl methyl sites for hydroxylation is 2. The summed E-state index contributed by atoms with van der Waals surface area (Å²) < 4.78 is 13.5. The maximum Gasteiger partial charge on any atom is 0.309 e. The maximum atomic E-state index is 12.3. The number of ether oxygens (including phenoxy) is 2. The molecule has 0 bridgehead atoms. The Bertz CT molecular complexity index is 1040. The van der Waals surface area contributed by atoms with Crippen LogP contribution in [0.2, 0.25) is 0 Å². The van der Waals surface area contributed by atoms with E-state index < -0.39 is 0 Å². The number of benzene rings is 2. The van der Waals surface area contributed by atoms with Gasteiger partial charge in [0.2, 0.25) is 0 Å². The Labute approximate surface area is 195 Å². The van der Waals surface area contributed by atoms with E-state index in [1.54, 1.807) is 0 Å². The number of rotatable bonds is 8. The van der Waals surface area contributed by atoms with Gasteiger partial charge in [-0.15, -0.1) is 5.10 Å². The molecule has 1 aliphatic rings. The van der Waals surface area contributed by atoms with Gasteiger partial charge in [-0.3, -0.25) is 9.48 Å². The van der Waals surface area contributed by atoms with E-state index in [9.17, 15) is 4.79 Å². The molecule has 4 rings (SSSR count). The van der Waals surface area contributed by atoms with Crippen LogP contribution in [0.25, 0.3) is 11.3 Å². The standard InChI is InChI=1S/C27H33N3O3/c1-19(2)32-27(31)22-10-7-11-24(18-22)33-23-15-13-21(14-16-23)26-25(30(3)29-28-26)17-12-20-8-5-4-6-9-20/h4-6,8-9,13-16,19,22,24H,7,10-12,17-18H2,1-3H3/t22-,24-/m0/s1. The molecule has 1 fully saturated rings. The molecule has 33 heavy (non-hydrogen) atoms. The van der Waals surface area contributed by atoms with Gasteiger partial charge in [-0.1, -0.05) is 35.5 Å². The van der Waals surface area contributed by atoms with Gasteiger partial charge in [0.15, 0.2) is 0 Å². The Morgan fingerprint density at radius 1 is 1.06 bits per heavy atom. The molecular formula is C27H33N3O3. The summed E-state index contributed by atoms with van der Waals surface area (Å²) in [5.41, 5.74) is 4.36. The summed E-state index contributed by atoms with van der Waals surface area (Å²) in [6.07, 6.45) is 5.29. The maximum absolute atomic E-state index is 12.3. The van der Waals surface area contributed by atoms with Gasteiger partial charge in [0.1, 0.15) is 11.4 Å². The predicted octanol–water partition coefficient (Wildman–Crippen LogP) is 5.16. The lowest BCUT2D eigenvalue weighted by molar-refractivity contribution is -0.154. The van der Waals surface area contributed by atoms with E-state index in [1.165, 1.54) is 5.56 Å². The first kappa shape index (κ1) is 23.0. The number of nitrogens with zero attached hydrogens (tertiary/aromatic N) is 3. The minimum absolute atomic E-state index is 0.0345. The van der Waals surface area contributed by atoms with Crippen LogP contribution in [-0.2, 0) is 29.4 Å². The average Bonchev–Trinajstić information content (AvgIpc) is 3.19. The zero-order chi connectivity index (χ0) is 23.2. The number of hydrogen-bond acceptors (Lipinski definition) is 5. The minimum atomic E-state index is -0.0978. The van der Waals surface area contributed by atoms with Crippen LogP contribution in [0, 0.1) is 5.92 Å². The van der Waals surface area contributed by atoms with Crippen molar-refractivity contribution in [1.29, 1.82) is 0 Å². The Morgan fingerprint density at radius 3 is 2.55 bits per heavy atom. The highest BCUT2D eigenvalue weighted by Crippen LogP contribution is 2.30. The fourth-order valence-corrected chi connectivity index (χ4v) is 4.47. The molecule has 0 spiro atoms. The second-order valence-electron chi connectivity index (χ2n) is 9.11. The Morgan fingerprint density at radius 2 is 1.82 bits per heavy atom. The predicted molar refractivity (Wildman–Crippen MR) is 128 cm³/mol. The van der Waals surface area contributed by atoms with Crippen LogP contribution in [0.1, 0.15) is 50.8 Å². The largest absolute Gasteiger partial charge is 0.490 e. The van der Waals surface area contributed by atoms with Gasteiger partial charge in [0.05, 0.1) is 23.8 Å². The van der Waals surface area contributed by atoms with E-state index >= 15 is 0 Å². The molecular weight excluding hydrogens is 414 g/mol. The van der Waals surface area contributed by atoms with Crippen molar-refractivity contribution in [2.75, 3.05) is 0 Å². The lowest BCUT2D eigenvalue weighted by Crippen LogP contribution is -2.31. The van der Waals surface area contributed by atoms with E-state index in [2.05, 4.69) is 34.6 Å². The topological polar surface area (TPSA) is 66.2 Å². The van der Waals surface area contributed by atoms with Crippen LogP contribution in [0.4, 0.5) is 0 Å². The highest BCUT2D eigenvalue weighted by molar-refractivity contribution is 5.72. The van der Waals surface area contributed by atoms with Crippen LogP contribution >= 0.6 is 0 Å². The van der Waals surface area contributed by atoms with Crippen molar-refractivity contribution in [2.45, 2.75) is 64.6 Å². The van der Waals surface area contributed by atoms with E-state index in [1.807, 2.05) is 55.9 Å². The van der Waals surface area contributed by atoms with E-state index in [4.69, 9.17) is 9.47 Å². The summed E-state index contributed by atoms with van der Waals surface area (Å²) >= 11 is 0. The molecule has 6 heteroatoms. The van der Waals surface area contributed by atoms with Crippen molar-refractivity contribution >= 4 is 5.97 Å². The van der Waals surface area contributed by atoms with E-state index in [0.717, 1.165) is 54.8 Å². The highest BCUT2D eigenvalue weighted by Gasteiger charge is 2.30. The van der Waals surface area contributed by atoms with E-state index in [-0.39, 0.29) is 24.1 Å². The summed E-state index contributed by atoms with van der Waals surface area (Å²) in [4.78, 5) is 12.3. The average molecular weight is 448 g/mol. The number of aromatic nitrogens is 3. The molecule has 1 aromatic heterocycles. The number of hydrogen-bond donors (Lipinski definition) is 0. The normalized spacial score (nSPS) is 18.3. The first-order chi connectivity index (χ1) is 16.0. The number of esters is 1. The zero-order valence-electron chi connectivity index (χ0n) is 19.7. The van der Waals surface area contributed by atoms with Crippen LogP contribution < -0.4 is 4.74 Å². The van der Waals surface area contributed by atoms with Crippen molar-refractivity contribution < 1.29 is 14.3 Å². The molecule has 0 N–H and O–H groups in total. The SMILES string of the molecule is CC(C)OC(=O)[C@H]1CCC[C@H](Oc2ccc(-c3nnn(C)c3CCc3ccccc3)cc2)C1. The molecule has 0 unspecified atom stereocenters. The minimum Gasteiger partial charge on any atom is -0.490 e. The third-order valence-electron chi connectivity index (χ3n) is 6.18. The molecule has 2 atom stereocenters. The van der Waals surface area contributed by atoms with E-state index in [0.29, 0.717) is 6.42 Å². The quantitative estimate of drug-likeness (QED) is 0.447. The smallest absolute Gasteiger partial charge is 0.309 e. The van der Waals surface area contributed by atoms with Crippen LogP contribution in [-0.4, -0.2) is 33.2 Å². The molecule has 0 amide bonds. The third kappa shape index (κ3) is 6.01. The molecule has 0 radical (unpaired) electrons. The van der Waals surface area contributed by atoms with Gasteiger partial charge >= 0.3 is 5.97 Å². The van der Waals surface area contributed by atoms with Gasteiger partial charge in [-0.05, 0) is 82.2 Å². The summed E-state index contributed by atoms with van der Waals surface area (Å²) in [6.45, 7) is 3.78. The Balaban J connectivity index is 1.39. The summed E-state index contributed by atoms with van der Waals surface area (Å²) in [5, 5.41) is 8.68. The summed E-state index contributed by atoms with van der Waals surface area (Å²) in [5.74, 6) is 0.646.